The number of rotatable bonds is 6. The van der Waals surface area contributed by atoms with E-state index in [1.165, 1.54) is 27.5 Å². The molecule has 1 aromatic carbocycles. The van der Waals surface area contributed by atoms with E-state index >= 15 is 0 Å². The van der Waals surface area contributed by atoms with Gasteiger partial charge < -0.3 is 11.1 Å². The number of hydrogen-bond acceptors (Lipinski definition) is 3. The summed E-state index contributed by atoms with van der Waals surface area (Å²) < 4.78 is 13.8. The van der Waals surface area contributed by atoms with Crippen LogP contribution in [0.2, 0.25) is 0 Å². The van der Waals surface area contributed by atoms with E-state index < -0.39 is 11.7 Å². The SMILES string of the molecule is Cc1cc(CCCC(=O)Nc2ccc(C(N)=O)cc2F)c(C)s1. The first-order valence-electron chi connectivity index (χ1n) is 7.32. The molecule has 0 saturated carbocycles. The van der Waals surface area contributed by atoms with Crippen molar-refractivity contribution in [1.82, 2.24) is 0 Å². The van der Waals surface area contributed by atoms with Crippen LogP contribution in [0.1, 0.15) is 38.5 Å². The van der Waals surface area contributed by atoms with E-state index in [9.17, 15) is 14.0 Å². The lowest BCUT2D eigenvalue weighted by Gasteiger charge is -2.07. The van der Waals surface area contributed by atoms with Gasteiger partial charge in [0.25, 0.3) is 0 Å². The van der Waals surface area contributed by atoms with Crippen molar-refractivity contribution >= 4 is 28.8 Å². The summed E-state index contributed by atoms with van der Waals surface area (Å²) >= 11 is 1.75. The van der Waals surface area contributed by atoms with E-state index in [-0.39, 0.29) is 17.2 Å². The van der Waals surface area contributed by atoms with Crippen molar-refractivity contribution in [2.45, 2.75) is 33.1 Å². The molecule has 2 aromatic rings. The molecule has 23 heavy (non-hydrogen) atoms. The van der Waals surface area contributed by atoms with Crippen LogP contribution >= 0.6 is 11.3 Å². The number of carbonyl (C=O) groups is 2. The fourth-order valence-corrected chi connectivity index (χ4v) is 3.33. The summed E-state index contributed by atoms with van der Waals surface area (Å²) in [5.41, 5.74) is 6.47. The van der Waals surface area contributed by atoms with Gasteiger partial charge in [-0.3, -0.25) is 9.59 Å². The smallest absolute Gasteiger partial charge is 0.248 e. The lowest BCUT2D eigenvalue weighted by molar-refractivity contribution is -0.116. The number of amides is 2. The minimum Gasteiger partial charge on any atom is -0.366 e. The highest BCUT2D eigenvalue weighted by molar-refractivity contribution is 7.12. The molecule has 0 aliphatic rings. The van der Waals surface area contributed by atoms with E-state index in [0.29, 0.717) is 12.8 Å². The second kappa shape index (κ2) is 7.37. The van der Waals surface area contributed by atoms with Gasteiger partial charge in [-0.15, -0.1) is 11.3 Å². The number of anilines is 1. The molecule has 2 rings (SSSR count). The highest BCUT2D eigenvalue weighted by Crippen LogP contribution is 2.22. The molecule has 0 spiro atoms. The Morgan fingerprint density at radius 3 is 2.57 bits per heavy atom. The first-order chi connectivity index (χ1) is 10.9. The number of primary amides is 1. The van der Waals surface area contributed by atoms with Gasteiger partial charge in [-0.1, -0.05) is 0 Å². The molecule has 2 amide bonds. The van der Waals surface area contributed by atoms with Crippen LogP contribution in [0.4, 0.5) is 10.1 Å². The standard InChI is InChI=1S/C17H19FN2O2S/c1-10-8-12(11(2)23-10)4-3-5-16(21)20-15-7-6-13(17(19)22)9-14(15)18/h6-9H,3-5H2,1-2H3,(H2,19,22)(H,20,21). The monoisotopic (exact) mass is 334 g/mol. The van der Waals surface area contributed by atoms with Gasteiger partial charge in [0.05, 0.1) is 5.69 Å². The van der Waals surface area contributed by atoms with E-state index in [2.05, 4.69) is 25.2 Å². The van der Waals surface area contributed by atoms with Crippen LogP contribution in [0.3, 0.4) is 0 Å². The first kappa shape index (κ1) is 17.1. The van der Waals surface area contributed by atoms with Gasteiger partial charge in [0.1, 0.15) is 5.82 Å². The van der Waals surface area contributed by atoms with Gasteiger partial charge in [-0.25, -0.2) is 4.39 Å². The van der Waals surface area contributed by atoms with Crippen LogP contribution in [0.15, 0.2) is 24.3 Å². The summed E-state index contributed by atoms with van der Waals surface area (Å²) in [7, 11) is 0. The molecule has 3 N–H and O–H groups in total. The Morgan fingerprint density at radius 1 is 1.26 bits per heavy atom. The van der Waals surface area contributed by atoms with Gasteiger partial charge in [0, 0.05) is 21.7 Å². The van der Waals surface area contributed by atoms with Gasteiger partial charge in [0.15, 0.2) is 0 Å². The maximum absolute atomic E-state index is 13.8. The first-order valence-corrected chi connectivity index (χ1v) is 8.13. The topological polar surface area (TPSA) is 72.2 Å². The van der Waals surface area contributed by atoms with Crippen molar-refractivity contribution < 1.29 is 14.0 Å². The number of halogens is 1. The number of aryl methyl sites for hydroxylation is 3. The molecule has 6 heteroatoms. The summed E-state index contributed by atoms with van der Waals surface area (Å²) in [4.78, 5) is 25.4. The molecule has 0 unspecified atom stereocenters. The van der Waals surface area contributed by atoms with Crippen LogP contribution in [-0.4, -0.2) is 11.8 Å². The number of carbonyl (C=O) groups excluding carboxylic acids is 2. The summed E-state index contributed by atoms with van der Waals surface area (Å²) in [5.74, 6) is -1.62. The molecule has 0 radical (unpaired) electrons. The van der Waals surface area contributed by atoms with E-state index in [1.54, 1.807) is 11.3 Å². The van der Waals surface area contributed by atoms with Crippen molar-refractivity contribution in [3.63, 3.8) is 0 Å². The Kier molecular flexibility index (Phi) is 5.50. The molecular formula is C17H19FN2O2S. The Labute approximate surface area is 138 Å². The normalized spacial score (nSPS) is 10.6. The van der Waals surface area contributed by atoms with Crippen LogP contribution in [0, 0.1) is 19.7 Å². The predicted octanol–water partition coefficient (Wildman–Crippen LogP) is 3.56. The molecular weight excluding hydrogens is 315 g/mol. The minimum absolute atomic E-state index is 0.0579. The summed E-state index contributed by atoms with van der Waals surface area (Å²) in [5, 5.41) is 2.52. The lowest BCUT2D eigenvalue weighted by Crippen LogP contribution is -2.14. The van der Waals surface area contributed by atoms with E-state index in [0.717, 1.165) is 12.5 Å². The second-order valence-electron chi connectivity index (χ2n) is 5.40. The van der Waals surface area contributed by atoms with E-state index in [1.807, 2.05) is 0 Å². The number of benzene rings is 1. The quantitative estimate of drug-likeness (QED) is 0.848. The third-order valence-electron chi connectivity index (χ3n) is 3.52. The average molecular weight is 334 g/mol. The molecule has 0 atom stereocenters. The van der Waals surface area contributed by atoms with Crippen LogP contribution in [0.25, 0.3) is 0 Å². The second-order valence-corrected chi connectivity index (χ2v) is 6.86. The highest BCUT2D eigenvalue weighted by Gasteiger charge is 2.10. The Balaban J connectivity index is 1.87. The van der Waals surface area contributed by atoms with Crippen LogP contribution in [0.5, 0.6) is 0 Å². The minimum atomic E-state index is -0.705. The predicted molar refractivity (Wildman–Crippen MR) is 90.3 cm³/mol. The zero-order valence-corrected chi connectivity index (χ0v) is 13.9. The number of nitrogens with two attached hydrogens (primary N) is 1. The fourth-order valence-electron chi connectivity index (χ4n) is 2.35. The molecule has 0 aliphatic carbocycles. The lowest BCUT2D eigenvalue weighted by atomic mass is 10.1. The molecule has 0 bridgehead atoms. The molecule has 1 aromatic heterocycles. The summed E-state index contributed by atoms with van der Waals surface area (Å²) in [6.07, 6.45) is 1.84. The Morgan fingerprint density at radius 2 is 2.00 bits per heavy atom. The van der Waals surface area contributed by atoms with Crippen LogP contribution < -0.4 is 11.1 Å². The van der Waals surface area contributed by atoms with Crippen molar-refractivity contribution in [3.05, 3.63) is 51.0 Å². The van der Waals surface area contributed by atoms with Crippen molar-refractivity contribution in [3.8, 4) is 0 Å². The molecule has 0 fully saturated rings. The fraction of sp³-hybridized carbons (Fsp3) is 0.294. The van der Waals surface area contributed by atoms with Gasteiger partial charge in [-0.2, -0.15) is 0 Å². The van der Waals surface area contributed by atoms with Crippen molar-refractivity contribution in [2.75, 3.05) is 5.32 Å². The zero-order chi connectivity index (χ0) is 17.0. The third-order valence-corrected chi connectivity index (χ3v) is 4.53. The molecule has 0 aliphatic heterocycles. The third kappa shape index (κ3) is 4.63. The molecule has 1 heterocycles. The van der Waals surface area contributed by atoms with Crippen LogP contribution in [-0.2, 0) is 11.2 Å². The van der Waals surface area contributed by atoms with E-state index in [4.69, 9.17) is 5.73 Å². The number of thiophene rings is 1. The van der Waals surface area contributed by atoms with Gasteiger partial charge in [-0.05, 0) is 56.5 Å². The molecule has 0 saturated heterocycles. The maximum Gasteiger partial charge on any atom is 0.248 e. The van der Waals surface area contributed by atoms with Gasteiger partial charge >= 0.3 is 0 Å². The molecule has 4 nitrogen and oxygen atoms in total. The maximum atomic E-state index is 13.8. The Bertz CT molecular complexity index is 740. The highest BCUT2D eigenvalue weighted by atomic mass is 32.1. The molecule has 122 valence electrons. The summed E-state index contributed by atoms with van der Waals surface area (Å²) in [6, 6.07) is 5.90. The largest absolute Gasteiger partial charge is 0.366 e. The number of nitrogens with one attached hydrogen (secondary N) is 1. The van der Waals surface area contributed by atoms with Crippen molar-refractivity contribution in [2.24, 2.45) is 5.73 Å². The summed E-state index contributed by atoms with van der Waals surface area (Å²) in [6.45, 7) is 4.13. The van der Waals surface area contributed by atoms with Gasteiger partial charge in [0.2, 0.25) is 11.8 Å². The van der Waals surface area contributed by atoms with Crippen molar-refractivity contribution in [1.29, 1.82) is 0 Å². The number of hydrogen-bond donors (Lipinski definition) is 2. The average Bonchev–Trinajstić information content (AvgIpc) is 2.79. The zero-order valence-electron chi connectivity index (χ0n) is 13.1. The Hall–Kier alpha value is -2.21.